The molecule has 0 saturated heterocycles. The molecule has 3 heteroatoms. The van der Waals surface area contributed by atoms with E-state index in [1.807, 2.05) is 13.1 Å². The van der Waals surface area contributed by atoms with E-state index >= 15 is 0 Å². The highest BCUT2D eigenvalue weighted by molar-refractivity contribution is 7.07. The fraction of sp³-hybridized carbons (Fsp3) is 0.500. The molecule has 0 radical (unpaired) electrons. The van der Waals surface area contributed by atoms with E-state index in [1.165, 1.54) is 10.3 Å². The number of aromatic nitrogens is 1. The number of likely N-dealkylation sites (N-methyl/N-ethyl adjacent to an activating group) is 1. The Morgan fingerprint density at radius 1 is 1.29 bits per heavy atom. The Labute approximate surface area is 107 Å². The number of nitrogens with one attached hydrogen (secondary N) is 1. The van der Waals surface area contributed by atoms with Crippen molar-refractivity contribution in [2.24, 2.45) is 5.41 Å². The molecule has 1 atom stereocenters. The zero-order valence-electron chi connectivity index (χ0n) is 10.9. The van der Waals surface area contributed by atoms with Crippen molar-refractivity contribution in [3.63, 3.8) is 0 Å². The molecular weight excluding hydrogens is 228 g/mol. The van der Waals surface area contributed by atoms with Gasteiger partial charge in [0.25, 0.3) is 0 Å². The lowest BCUT2D eigenvalue weighted by molar-refractivity contribution is 0.281. The van der Waals surface area contributed by atoms with Gasteiger partial charge >= 0.3 is 0 Å². The Morgan fingerprint density at radius 3 is 2.65 bits per heavy atom. The van der Waals surface area contributed by atoms with Crippen LogP contribution in [0.25, 0.3) is 10.9 Å². The standard InChI is InChI=1S/C14H20N2S/c1-14(2,3)13(15-4)9-12-10-7-5-6-8-11(10)16-17-12/h5-8,13,15H,9H2,1-4H3. The van der Waals surface area contributed by atoms with Crippen molar-refractivity contribution >= 4 is 22.4 Å². The first-order valence-electron chi connectivity index (χ1n) is 6.03. The third-order valence-electron chi connectivity index (χ3n) is 3.24. The van der Waals surface area contributed by atoms with Gasteiger partial charge in [-0.15, -0.1) is 0 Å². The number of rotatable bonds is 3. The Hall–Kier alpha value is -0.930. The van der Waals surface area contributed by atoms with Crippen LogP contribution in [0.3, 0.4) is 0 Å². The Morgan fingerprint density at radius 2 is 2.00 bits per heavy atom. The molecule has 17 heavy (non-hydrogen) atoms. The SMILES string of the molecule is CNC(Cc1snc2ccccc12)C(C)(C)C. The van der Waals surface area contributed by atoms with Crippen molar-refractivity contribution in [1.29, 1.82) is 0 Å². The van der Waals surface area contributed by atoms with Crippen molar-refractivity contribution in [1.82, 2.24) is 9.69 Å². The Bertz CT molecular complexity index is 496. The molecule has 0 aliphatic rings. The van der Waals surface area contributed by atoms with Crippen molar-refractivity contribution in [3.8, 4) is 0 Å². The minimum Gasteiger partial charge on any atom is -0.316 e. The van der Waals surface area contributed by atoms with Crippen molar-refractivity contribution in [3.05, 3.63) is 29.1 Å². The van der Waals surface area contributed by atoms with E-state index in [4.69, 9.17) is 0 Å². The van der Waals surface area contributed by atoms with Gasteiger partial charge in [0, 0.05) is 16.3 Å². The lowest BCUT2D eigenvalue weighted by Crippen LogP contribution is -2.39. The minimum atomic E-state index is 0.264. The summed E-state index contributed by atoms with van der Waals surface area (Å²) in [6.45, 7) is 6.83. The van der Waals surface area contributed by atoms with Crippen LogP contribution < -0.4 is 5.32 Å². The molecule has 1 aromatic carbocycles. The smallest absolute Gasteiger partial charge is 0.0843 e. The highest BCUT2D eigenvalue weighted by Gasteiger charge is 2.24. The van der Waals surface area contributed by atoms with E-state index in [0.29, 0.717) is 6.04 Å². The molecule has 0 fully saturated rings. The summed E-state index contributed by atoms with van der Waals surface area (Å²) in [6, 6.07) is 8.87. The lowest BCUT2D eigenvalue weighted by atomic mass is 9.84. The molecule has 1 N–H and O–H groups in total. The second-order valence-electron chi connectivity index (χ2n) is 5.53. The van der Waals surface area contributed by atoms with Crippen LogP contribution in [-0.4, -0.2) is 17.5 Å². The summed E-state index contributed by atoms with van der Waals surface area (Å²) in [4.78, 5) is 1.38. The van der Waals surface area contributed by atoms with E-state index in [9.17, 15) is 0 Å². The van der Waals surface area contributed by atoms with E-state index < -0.39 is 0 Å². The topological polar surface area (TPSA) is 24.9 Å². The molecule has 0 spiro atoms. The Kier molecular flexibility index (Phi) is 3.50. The first kappa shape index (κ1) is 12.5. The Balaban J connectivity index is 2.29. The number of hydrogen-bond acceptors (Lipinski definition) is 3. The van der Waals surface area contributed by atoms with Crippen LogP contribution in [0.2, 0.25) is 0 Å². The molecular formula is C14H20N2S. The summed E-state index contributed by atoms with van der Waals surface area (Å²) in [5.74, 6) is 0. The van der Waals surface area contributed by atoms with Crippen LogP contribution in [0.15, 0.2) is 24.3 Å². The predicted octanol–water partition coefficient (Wildman–Crippen LogP) is 3.47. The molecule has 2 aromatic rings. The third-order valence-corrected chi connectivity index (χ3v) is 4.14. The molecule has 1 aromatic heterocycles. The molecule has 1 heterocycles. The van der Waals surface area contributed by atoms with E-state index in [2.05, 4.69) is 48.7 Å². The molecule has 0 aliphatic heterocycles. The van der Waals surface area contributed by atoms with Gasteiger partial charge in [0.05, 0.1) is 5.52 Å². The van der Waals surface area contributed by atoms with Gasteiger partial charge in [0.1, 0.15) is 0 Å². The van der Waals surface area contributed by atoms with Gasteiger partial charge in [0.15, 0.2) is 0 Å². The van der Waals surface area contributed by atoms with Gasteiger partial charge < -0.3 is 5.32 Å². The van der Waals surface area contributed by atoms with Crippen LogP contribution >= 0.6 is 11.5 Å². The summed E-state index contributed by atoms with van der Waals surface area (Å²) in [5, 5.41) is 4.73. The highest BCUT2D eigenvalue weighted by atomic mass is 32.1. The first-order chi connectivity index (χ1) is 8.02. The third kappa shape index (κ3) is 2.67. The van der Waals surface area contributed by atoms with Gasteiger partial charge in [-0.2, -0.15) is 4.37 Å². The van der Waals surface area contributed by atoms with Crippen LogP contribution in [0.1, 0.15) is 25.6 Å². The summed E-state index contributed by atoms with van der Waals surface area (Å²) >= 11 is 1.63. The number of benzene rings is 1. The first-order valence-corrected chi connectivity index (χ1v) is 6.80. The zero-order valence-corrected chi connectivity index (χ0v) is 11.8. The summed E-state index contributed by atoms with van der Waals surface area (Å²) < 4.78 is 4.50. The van der Waals surface area contributed by atoms with Gasteiger partial charge in [0.2, 0.25) is 0 Å². The second kappa shape index (κ2) is 4.75. The zero-order chi connectivity index (χ0) is 12.5. The maximum absolute atomic E-state index is 4.50. The average molecular weight is 248 g/mol. The normalized spacial score (nSPS) is 14.1. The maximum Gasteiger partial charge on any atom is 0.0843 e. The van der Waals surface area contributed by atoms with Gasteiger partial charge in [-0.3, -0.25) is 0 Å². The molecule has 1 unspecified atom stereocenters. The van der Waals surface area contributed by atoms with Crippen LogP contribution in [-0.2, 0) is 6.42 Å². The summed E-state index contributed by atoms with van der Waals surface area (Å²) in [5.41, 5.74) is 1.39. The average Bonchev–Trinajstić information content (AvgIpc) is 2.67. The second-order valence-corrected chi connectivity index (χ2v) is 6.39. The van der Waals surface area contributed by atoms with E-state index in [0.717, 1.165) is 11.9 Å². The van der Waals surface area contributed by atoms with Crippen molar-refractivity contribution < 1.29 is 0 Å². The molecule has 2 rings (SSSR count). The van der Waals surface area contributed by atoms with Gasteiger partial charge in [-0.05, 0) is 36.5 Å². The van der Waals surface area contributed by atoms with Crippen molar-refractivity contribution in [2.45, 2.75) is 33.2 Å². The largest absolute Gasteiger partial charge is 0.316 e. The number of nitrogens with zero attached hydrogens (tertiary/aromatic N) is 1. The molecule has 92 valence electrons. The summed E-state index contributed by atoms with van der Waals surface area (Å²) in [7, 11) is 2.04. The lowest BCUT2D eigenvalue weighted by Gasteiger charge is -2.30. The predicted molar refractivity (Wildman–Crippen MR) is 75.6 cm³/mol. The molecule has 0 bridgehead atoms. The summed E-state index contributed by atoms with van der Waals surface area (Å²) in [6.07, 6.45) is 1.05. The van der Waals surface area contributed by atoms with Crippen LogP contribution in [0, 0.1) is 5.41 Å². The van der Waals surface area contributed by atoms with Crippen LogP contribution in [0.4, 0.5) is 0 Å². The molecule has 0 amide bonds. The molecule has 2 nitrogen and oxygen atoms in total. The molecule has 0 aliphatic carbocycles. The van der Waals surface area contributed by atoms with E-state index in [-0.39, 0.29) is 5.41 Å². The van der Waals surface area contributed by atoms with Gasteiger partial charge in [-0.25, -0.2) is 0 Å². The highest BCUT2D eigenvalue weighted by Crippen LogP contribution is 2.28. The van der Waals surface area contributed by atoms with E-state index in [1.54, 1.807) is 11.5 Å². The number of hydrogen-bond donors (Lipinski definition) is 1. The monoisotopic (exact) mass is 248 g/mol. The van der Waals surface area contributed by atoms with Crippen molar-refractivity contribution in [2.75, 3.05) is 7.05 Å². The van der Waals surface area contributed by atoms with Gasteiger partial charge in [-0.1, -0.05) is 39.0 Å². The maximum atomic E-state index is 4.50. The fourth-order valence-corrected chi connectivity index (χ4v) is 3.00. The minimum absolute atomic E-state index is 0.264. The number of fused-ring (bicyclic) bond motifs is 1. The molecule has 0 saturated carbocycles. The quantitative estimate of drug-likeness (QED) is 0.899. The fourth-order valence-electron chi connectivity index (χ4n) is 2.12. The van der Waals surface area contributed by atoms with Crippen LogP contribution in [0.5, 0.6) is 0 Å².